The molecule has 11 nitrogen and oxygen atoms in total. The molecule has 41 heavy (non-hydrogen) atoms. The first-order chi connectivity index (χ1) is 20.0. The van der Waals surface area contributed by atoms with Crippen LogP contribution >= 0.6 is 11.3 Å². The second-order valence-corrected chi connectivity index (χ2v) is 10.4. The second-order valence-electron chi connectivity index (χ2n) is 9.45. The minimum Gasteiger partial charge on any atom is -0.437 e. The number of piperazine rings is 1. The van der Waals surface area contributed by atoms with Crippen LogP contribution in [0.5, 0.6) is 11.6 Å². The molecule has 0 aliphatic carbocycles. The van der Waals surface area contributed by atoms with E-state index in [1.54, 1.807) is 29.7 Å². The predicted molar refractivity (Wildman–Crippen MR) is 160 cm³/mol. The van der Waals surface area contributed by atoms with Crippen molar-refractivity contribution in [3.05, 3.63) is 72.6 Å². The van der Waals surface area contributed by atoms with Crippen molar-refractivity contribution in [3.63, 3.8) is 0 Å². The van der Waals surface area contributed by atoms with E-state index in [4.69, 9.17) is 9.94 Å². The summed E-state index contributed by atoms with van der Waals surface area (Å²) < 4.78 is 6.96. The van der Waals surface area contributed by atoms with Crippen LogP contribution in [0.2, 0.25) is 0 Å². The third-order valence-corrected chi connectivity index (χ3v) is 7.53. The normalized spacial score (nSPS) is 13.5. The molecule has 2 amide bonds. The van der Waals surface area contributed by atoms with Crippen LogP contribution in [0.25, 0.3) is 10.2 Å². The van der Waals surface area contributed by atoms with E-state index in [-0.39, 0.29) is 11.8 Å². The van der Waals surface area contributed by atoms with Crippen LogP contribution in [0.15, 0.2) is 72.6 Å². The molecule has 3 heterocycles. The number of thiophene rings is 1. The van der Waals surface area contributed by atoms with Crippen molar-refractivity contribution in [2.45, 2.75) is 12.8 Å². The van der Waals surface area contributed by atoms with E-state index in [2.05, 4.69) is 49.1 Å². The number of carbonyl (C=O) groups is 2. The molecule has 1 saturated heterocycles. The highest BCUT2D eigenvalue weighted by molar-refractivity contribution is 7.17. The molecule has 0 saturated carbocycles. The number of hydrogen-bond acceptors (Lipinski definition) is 10. The van der Waals surface area contributed by atoms with Crippen molar-refractivity contribution in [1.29, 1.82) is 0 Å². The van der Waals surface area contributed by atoms with Gasteiger partial charge in [0.25, 0.3) is 0 Å². The zero-order valence-electron chi connectivity index (χ0n) is 22.4. The lowest BCUT2D eigenvalue weighted by atomic mass is 10.2. The lowest BCUT2D eigenvalue weighted by Crippen LogP contribution is -2.46. The zero-order chi connectivity index (χ0) is 28.6. The fourth-order valence-corrected chi connectivity index (χ4v) is 5.29. The van der Waals surface area contributed by atoms with Gasteiger partial charge in [0.15, 0.2) is 0 Å². The van der Waals surface area contributed by atoms with Gasteiger partial charge in [0.05, 0.1) is 5.52 Å². The van der Waals surface area contributed by atoms with Crippen molar-refractivity contribution in [2.24, 2.45) is 0 Å². The van der Waals surface area contributed by atoms with Crippen LogP contribution in [0, 0.1) is 0 Å². The molecular formula is C29H31N7O4S. The van der Waals surface area contributed by atoms with Gasteiger partial charge < -0.3 is 20.3 Å². The minimum atomic E-state index is -0.345. The third kappa shape index (κ3) is 7.37. The van der Waals surface area contributed by atoms with Crippen LogP contribution in [-0.4, -0.2) is 64.6 Å². The summed E-state index contributed by atoms with van der Waals surface area (Å²) in [5.41, 5.74) is 5.03. The number of anilines is 4. The molecule has 1 aliphatic heterocycles. The monoisotopic (exact) mass is 573 g/mol. The number of nitrogens with one attached hydrogen (secondary N) is 3. The van der Waals surface area contributed by atoms with Crippen molar-refractivity contribution in [2.75, 3.05) is 48.3 Å². The molecule has 0 bridgehead atoms. The highest BCUT2D eigenvalue weighted by Crippen LogP contribution is 2.34. The van der Waals surface area contributed by atoms with E-state index in [1.807, 2.05) is 23.6 Å². The molecule has 0 spiro atoms. The number of fused-ring (bicyclic) bond motifs is 1. The van der Waals surface area contributed by atoms with E-state index in [9.17, 15) is 9.59 Å². The molecule has 12 heteroatoms. The molecule has 4 aromatic rings. The summed E-state index contributed by atoms with van der Waals surface area (Å²) >= 11 is 1.49. The van der Waals surface area contributed by atoms with E-state index in [0.717, 1.165) is 60.7 Å². The Labute approximate surface area is 241 Å². The molecule has 4 N–H and O–H groups in total. The summed E-state index contributed by atoms with van der Waals surface area (Å²) in [4.78, 5) is 36.8. The van der Waals surface area contributed by atoms with E-state index in [1.165, 1.54) is 17.4 Å². The Morgan fingerprint density at radius 1 is 1.05 bits per heavy atom. The molecule has 212 valence electrons. The largest absolute Gasteiger partial charge is 0.437 e. The van der Waals surface area contributed by atoms with Gasteiger partial charge in [-0.3, -0.25) is 19.7 Å². The Balaban J connectivity index is 1.22. The summed E-state index contributed by atoms with van der Waals surface area (Å²) in [6.07, 6.45) is 2.26. The first-order valence-corrected chi connectivity index (χ1v) is 14.1. The average molecular weight is 574 g/mol. The number of carbonyl (C=O) groups excluding carboxylic acids is 2. The number of nitrogens with zero attached hydrogens (tertiary/aromatic N) is 4. The SMILES string of the molecule is C=CC(=O)Nc1cccc(Oc2nc(Nc3ccc(N4CCN(CCCC(=O)NO)CC4)cc3)nc3ccsc23)c1. The Kier molecular flexibility index (Phi) is 9.04. The van der Waals surface area contributed by atoms with Crippen molar-refractivity contribution in [1.82, 2.24) is 20.3 Å². The quantitative estimate of drug-likeness (QED) is 0.114. The molecular weight excluding hydrogens is 542 g/mol. The molecule has 0 unspecified atom stereocenters. The Morgan fingerprint density at radius 3 is 2.61 bits per heavy atom. The van der Waals surface area contributed by atoms with E-state index < -0.39 is 0 Å². The summed E-state index contributed by atoms with van der Waals surface area (Å²) in [6, 6.07) is 17.2. The molecule has 2 aromatic carbocycles. The first-order valence-electron chi connectivity index (χ1n) is 13.2. The fraction of sp³-hybridized carbons (Fsp3) is 0.241. The number of benzene rings is 2. The minimum absolute atomic E-state index is 0.299. The number of rotatable bonds is 11. The molecule has 5 rings (SSSR count). The van der Waals surface area contributed by atoms with Gasteiger partial charge >= 0.3 is 0 Å². The standard InChI is InChI=1S/C29H31N7O4S/c1-2-25(37)30-21-5-3-6-23(19-21)40-28-27-24(12-18-41-27)32-29(33-28)31-20-8-10-22(11-9-20)36-16-14-35(15-17-36)13-4-7-26(38)34-39/h2-3,5-6,8-12,18-19,39H,1,4,7,13-17H2,(H,30,37)(H,34,38)(H,31,32,33). The first kappa shape index (κ1) is 28.0. The number of aromatic nitrogens is 2. The predicted octanol–water partition coefficient (Wildman–Crippen LogP) is 4.76. The number of ether oxygens (including phenoxy) is 1. The summed E-state index contributed by atoms with van der Waals surface area (Å²) in [5, 5.41) is 16.6. The van der Waals surface area contributed by atoms with Gasteiger partial charge in [0, 0.05) is 55.7 Å². The smallest absolute Gasteiger partial charge is 0.247 e. The highest BCUT2D eigenvalue weighted by atomic mass is 32.1. The van der Waals surface area contributed by atoms with Gasteiger partial charge in [-0.05, 0) is 66.9 Å². The molecule has 1 aliphatic rings. The zero-order valence-corrected chi connectivity index (χ0v) is 23.2. The summed E-state index contributed by atoms with van der Waals surface area (Å²) in [7, 11) is 0. The van der Waals surface area contributed by atoms with Crippen LogP contribution < -0.4 is 25.8 Å². The average Bonchev–Trinajstić information content (AvgIpc) is 3.47. The van der Waals surface area contributed by atoms with Gasteiger partial charge in [0.2, 0.25) is 23.6 Å². The molecule has 0 atom stereocenters. The van der Waals surface area contributed by atoms with Crippen LogP contribution in [0.4, 0.5) is 23.0 Å². The highest BCUT2D eigenvalue weighted by Gasteiger charge is 2.18. The summed E-state index contributed by atoms with van der Waals surface area (Å²) in [5.74, 6) is 0.727. The van der Waals surface area contributed by atoms with Crippen molar-refractivity contribution in [3.8, 4) is 11.6 Å². The van der Waals surface area contributed by atoms with E-state index in [0.29, 0.717) is 29.7 Å². The van der Waals surface area contributed by atoms with Crippen molar-refractivity contribution >= 4 is 56.4 Å². The molecule has 2 aromatic heterocycles. The number of hydrogen-bond donors (Lipinski definition) is 4. The van der Waals surface area contributed by atoms with Crippen LogP contribution in [-0.2, 0) is 9.59 Å². The Hall–Kier alpha value is -4.52. The van der Waals surface area contributed by atoms with Gasteiger partial charge in [-0.25, -0.2) is 10.5 Å². The van der Waals surface area contributed by atoms with Gasteiger partial charge in [-0.1, -0.05) is 12.6 Å². The number of hydroxylamine groups is 1. The maximum atomic E-state index is 11.7. The van der Waals surface area contributed by atoms with Gasteiger partial charge in [-0.15, -0.1) is 11.3 Å². The van der Waals surface area contributed by atoms with Crippen LogP contribution in [0.1, 0.15) is 12.8 Å². The maximum absolute atomic E-state index is 11.7. The second kappa shape index (κ2) is 13.2. The lowest BCUT2D eigenvalue weighted by Gasteiger charge is -2.36. The fourth-order valence-electron chi connectivity index (χ4n) is 4.54. The Bertz CT molecular complexity index is 1520. The lowest BCUT2D eigenvalue weighted by molar-refractivity contribution is -0.129. The van der Waals surface area contributed by atoms with Crippen LogP contribution in [0.3, 0.4) is 0 Å². The van der Waals surface area contributed by atoms with Gasteiger partial charge in [0.1, 0.15) is 10.4 Å². The molecule has 0 radical (unpaired) electrons. The van der Waals surface area contributed by atoms with Gasteiger partial charge in [-0.2, -0.15) is 4.98 Å². The third-order valence-electron chi connectivity index (χ3n) is 6.64. The maximum Gasteiger partial charge on any atom is 0.247 e. The molecule has 1 fully saturated rings. The topological polar surface area (TPSA) is 132 Å². The van der Waals surface area contributed by atoms with Crippen molar-refractivity contribution < 1.29 is 19.5 Å². The summed E-state index contributed by atoms with van der Waals surface area (Å²) in [6.45, 7) is 7.95. The Morgan fingerprint density at radius 2 is 1.85 bits per heavy atom. The number of amides is 2. The van der Waals surface area contributed by atoms with E-state index >= 15 is 0 Å².